The van der Waals surface area contributed by atoms with Crippen LogP contribution in [0.3, 0.4) is 0 Å². The van der Waals surface area contributed by atoms with Crippen molar-refractivity contribution in [3.63, 3.8) is 0 Å². The summed E-state index contributed by atoms with van der Waals surface area (Å²) in [5, 5.41) is 0. The molecule has 0 aliphatic rings. The van der Waals surface area contributed by atoms with Gasteiger partial charge in [0, 0.05) is 0 Å². The van der Waals surface area contributed by atoms with E-state index in [0.717, 1.165) is 0 Å². The number of rotatable bonds is 0. The van der Waals surface area contributed by atoms with Gasteiger partial charge in [-0.3, -0.25) is 0 Å². The second-order valence-corrected chi connectivity index (χ2v) is 0. The third-order valence-electron chi connectivity index (χ3n) is 0. The van der Waals surface area contributed by atoms with Crippen LogP contribution in [0.25, 0.3) is 0 Å². The first-order valence-electron chi connectivity index (χ1n) is 0. The van der Waals surface area contributed by atoms with Crippen LogP contribution >= 0.6 is 0 Å². The van der Waals surface area contributed by atoms with E-state index in [1.165, 1.54) is 0 Å². The Morgan fingerprint density at radius 3 is 0.200 bits per heavy atom. The molecule has 0 heterocycles. The average Bonchev–Trinajstić information content (AvgIpc) is 0. The van der Waals surface area contributed by atoms with E-state index in [4.69, 9.17) is 0 Å². The molecular weight excluding hydrogens is 195 g/mol. The summed E-state index contributed by atoms with van der Waals surface area (Å²) in [4.78, 5) is 0. The topological polar surface area (TPSA) is 0 Å². The molecule has 10 valence electrons. The molecule has 0 saturated carbocycles. The van der Waals surface area contributed by atoms with E-state index in [1.54, 1.807) is 0 Å². The van der Waals surface area contributed by atoms with Crippen LogP contribution in [0, 0.1) is 0 Å². The van der Waals surface area contributed by atoms with Gasteiger partial charge in [0.2, 0.25) is 0 Å². The molecule has 0 aliphatic heterocycles. The summed E-state index contributed by atoms with van der Waals surface area (Å²) < 4.78 is 0. The SMILES string of the molecule is [KH].[KH].[KH].[KH].[KH]. The van der Waals surface area contributed by atoms with Crippen LogP contribution in [-0.2, 0) is 0 Å². The van der Waals surface area contributed by atoms with Crippen molar-refractivity contribution in [3.8, 4) is 0 Å². The maximum absolute atomic E-state index is 0. The first-order valence-corrected chi connectivity index (χ1v) is 0. The van der Waals surface area contributed by atoms with Crippen molar-refractivity contribution in [1.82, 2.24) is 0 Å². The van der Waals surface area contributed by atoms with Gasteiger partial charge < -0.3 is 0 Å². The van der Waals surface area contributed by atoms with Crippen LogP contribution < -0.4 is 0 Å². The van der Waals surface area contributed by atoms with Gasteiger partial charge >= 0.3 is 257 Å². The van der Waals surface area contributed by atoms with Gasteiger partial charge in [-0.25, -0.2) is 0 Å². The van der Waals surface area contributed by atoms with Crippen LogP contribution in [0.15, 0.2) is 0 Å². The van der Waals surface area contributed by atoms with Gasteiger partial charge in [0.1, 0.15) is 0 Å². The van der Waals surface area contributed by atoms with Gasteiger partial charge in [-0.15, -0.1) is 0 Å². The third kappa shape index (κ3) is 18.9. The average molecular weight is 201 g/mol. The van der Waals surface area contributed by atoms with Crippen molar-refractivity contribution < 1.29 is 0 Å². The maximum atomic E-state index is 0. The van der Waals surface area contributed by atoms with Gasteiger partial charge in [-0.05, 0) is 0 Å². The molecule has 0 bridgehead atoms. The van der Waals surface area contributed by atoms with Gasteiger partial charge in [-0.1, -0.05) is 0 Å². The van der Waals surface area contributed by atoms with Crippen LogP contribution in [0.2, 0.25) is 0 Å². The van der Waals surface area contributed by atoms with E-state index in [1.807, 2.05) is 0 Å². The quantitative estimate of drug-likeness (QED) is 0.361. The Morgan fingerprint density at radius 2 is 0.200 bits per heavy atom. The Labute approximate surface area is 246 Å². The second-order valence-electron chi connectivity index (χ2n) is 0. The molecule has 0 unspecified atom stereocenters. The minimum absolute atomic E-state index is 0. The van der Waals surface area contributed by atoms with E-state index >= 15 is 0 Å². The van der Waals surface area contributed by atoms with Crippen LogP contribution in [0.1, 0.15) is 0 Å². The molecule has 0 aromatic carbocycles. The Balaban J connectivity index is 0. The Bertz CT molecular complexity index is 0. The van der Waals surface area contributed by atoms with Crippen LogP contribution in [-0.4, -0.2) is 257 Å². The van der Waals surface area contributed by atoms with Crippen molar-refractivity contribution in [2.24, 2.45) is 0 Å². The van der Waals surface area contributed by atoms with Crippen molar-refractivity contribution in [2.45, 2.75) is 0 Å². The first kappa shape index (κ1) is 29.2. The summed E-state index contributed by atoms with van der Waals surface area (Å²) in [6, 6.07) is 0. The molecular formula is H5K5. The predicted molar refractivity (Wildman–Crippen MR) is 35.7 cm³/mol. The molecule has 0 N–H and O–H groups in total. The van der Waals surface area contributed by atoms with Crippen molar-refractivity contribution in [1.29, 1.82) is 0 Å². The Morgan fingerprint density at radius 1 is 0.200 bits per heavy atom. The van der Waals surface area contributed by atoms with Gasteiger partial charge in [0.15, 0.2) is 0 Å². The molecule has 5 heteroatoms. The summed E-state index contributed by atoms with van der Waals surface area (Å²) in [7, 11) is 0. The minimum atomic E-state index is 0. The van der Waals surface area contributed by atoms with Gasteiger partial charge in [0.05, 0.1) is 0 Å². The standard InChI is InChI=1S/5K.5H. The zero-order chi connectivity index (χ0) is 0. The van der Waals surface area contributed by atoms with E-state index in [2.05, 4.69) is 0 Å². The van der Waals surface area contributed by atoms with Crippen molar-refractivity contribution in [2.75, 3.05) is 0 Å². The first-order chi connectivity index (χ1) is 0. The molecule has 0 saturated heterocycles. The van der Waals surface area contributed by atoms with Gasteiger partial charge in [0.25, 0.3) is 0 Å². The van der Waals surface area contributed by atoms with E-state index < -0.39 is 0 Å². The van der Waals surface area contributed by atoms with E-state index in [9.17, 15) is 0 Å². The molecule has 0 aliphatic carbocycles. The molecule has 0 spiro atoms. The fourth-order valence-electron chi connectivity index (χ4n) is 0. The fraction of sp³-hybridized carbons (Fsp3) is 0. The molecule has 0 nitrogen and oxygen atoms in total. The summed E-state index contributed by atoms with van der Waals surface area (Å²) in [6.45, 7) is 0. The van der Waals surface area contributed by atoms with Crippen LogP contribution in [0.5, 0.6) is 0 Å². The van der Waals surface area contributed by atoms with Crippen LogP contribution in [0.4, 0.5) is 0 Å². The van der Waals surface area contributed by atoms with E-state index in [-0.39, 0.29) is 257 Å². The number of hydrogen-bond acceptors (Lipinski definition) is 0. The van der Waals surface area contributed by atoms with Crippen molar-refractivity contribution in [3.05, 3.63) is 0 Å². The molecule has 0 fully saturated rings. The molecule has 0 aromatic heterocycles. The zero-order valence-electron chi connectivity index (χ0n) is 0. The summed E-state index contributed by atoms with van der Waals surface area (Å²) in [5.74, 6) is 0. The molecule has 0 atom stereocenters. The Kier molecular flexibility index (Phi) is 133. The summed E-state index contributed by atoms with van der Waals surface area (Å²) >= 11 is 0. The number of hydrogen-bond donors (Lipinski definition) is 0. The summed E-state index contributed by atoms with van der Waals surface area (Å²) in [6.07, 6.45) is 0. The third-order valence-corrected chi connectivity index (χ3v) is 0. The fourth-order valence-corrected chi connectivity index (χ4v) is 0. The normalized spacial score (nSPS) is 0. The molecule has 0 rings (SSSR count). The van der Waals surface area contributed by atoms with Crippen molar-refractivity contribution >= 4 is 257 Å². The molecule has 0 radical (unpaired) electrons. The van der Waals surface area contributed by atoms with E-state index in [0.29, 0.717) is 0 Å². The monoisotopic (exact) mass is 200 g/mol. The van der Waals surface area contributed by atoms with Gasteiger partial charge in [-0.2, -0.15) is 0 Å². The summed E-state index contributed by atoms with van der Waals surface area (Å²) in [5.41, 5.74) is 0. The molecule has 5 heavy (non-hydrogen) atoms. The molecule has 0 aromatic rings. The zero-order valence-corrected chi connectivity index (χ0v) is 0. The molecule has 0 amide bonds. The predicted octanol–water partition coefficient (Wildman–Crippen LogP) is -3.24. The second kappa shape index (κ2) is 22.8. The Hall–Kier alpha value is 8.18.